The average molecular weight is 310 g/mol. The Morgan fingerprint density at radius 3 is 2.64 bits per heavy atom. The number of thiazole rings is 1. The van der Waals surface area contributed by atoms with Crippen LogP contribution in [0.4, 0.5) is 0 Å². The molecule has 4 nitrogen and oxygen atoms in total. The third-order valence-electron chi connectivity index (χ3n) is 3.08. The van der Waals surface area contributed by atoms with Crippen molar-refractivity contribution in [2.45, 2.75) is 13.5 Å². The zero-order valence-corrected chi connectivity index (χ0v) is 12.8. The molecule has 5 heteroatoms. The molecule has 0 saturated heterocycles. The average Bonchev–Trinajstić information content (AvgIpc) is 2.96. The highest BCUT2D eigenvalue weighted by atomic mass is 32.1. The summed E-state index contributed by atoms with van der Waals surface area (Å²) >= 11 is 1.35. The molecule has 0 N–H and O–H groups in total. The van der Waals surface area contributed by atoms with Crippen molar-refractivity contribution in [2.75, 3.05) is 0 Å². The quantitative estimate of drug-likeness (QED) is 0.686. The van der Waals surface area contributed by atoms with Crippen LogP contribution in [0.2, 0.25) is 0 Å². The van der Waals surface area contributed by atoms with Crippen LogP contribution in [0.15, 0.2) is 54.7 Å². The molecule has 0 spiro atoms. The first-order valence-corrected chi connectivity index (χ1v) is 7.65. The van der Waals surface area contributed by atoms with Crippen LogP contribution in [-0.4, -0.2) is 15.9 Å². The molecule has 0 amide bonds. The van der Waals surface area contributed by atoms with Gasteiger partial charge in [-0.05, 0) is 19.1 Å². The zero-order chi connectivity index (χ0) is 15.4. The van der Waals surface area contributed by atoms with E-state index in [2.05, 4.69) is 9.97 Å². The fourth-order valence-corrected chi connectivity index (χ4v) is 2.94. The predicted molar refractivity (Wildman–Crippen MR) is 85.6 cm³/mol. The molecule has 0 aliphatic carbocycles. The maximum atomic E-state index is 12.2. The highest BCUT2D eigenvalue weighted by Gasteiger charge is 2.17. The third kappa shape index (κ3) is 3.20. The number of hydrogen-bond donors (Lipinski definition) is 0. The highest BCUT2D eigenvalue weighted by Crippen LogP contribution is 2.28. The molecule has 1 aromatic carbocycles. The second-order valence-electron chi connectivity index (χ2n) is 4.70. The molecule has 110 valence electrons. The molecule has 2 heterocycles. The van der Waals surface area contributed by atoms with E-state index < -0.39 is 0 Å². The van der Waals surface area contributed by atoms with Crippen molar-refractivity contribution in [3.8, 4) is 10.6 Å². The van der Waals surface area contributed by atoms with Crippen LogP contribution in [0.25, 0.3) is 10.6 Å². The Morgan fingerprint density at radius 1 is 1.14 bits per heavy atom. The number of carbonyl (C=O) groups is 1. The Morgan fingerprint density at radius 2 is 1.91 bits per heavy atom. The minimum absolute atomic E-state index is 0.164. The second kappa shape index (κ2) is 6.49. The summed E-state index contributed by atoms with van der Waals surface area (Å²) < 4.78 is 5.31. The van der Waals surface area contributed by atoms with Crippen LogP contribution >= 0.6 is 11.3 Å². The summed E-state index contributed by atoms with van der Waals surface area (Å²) in [4.78, 5) is 21.3. The van der Waals surface area contributed by atoms with Gasteiger partial charge < -0.3 is 4.74 Å². The van der Waals surface area contributed by atoms with E-state index in [9.17, 15) is 4.79 Å². The van der Waals surface area contributed by atoms with Crippen molar-refractivity contribution in [1.82, 2.24) is 9.97 Å². The van der Waals surface area contributed by atoms with Gasteiger partial charge in [-0.1, -0.05) is 36.4 Å². The third-order valence-corrected chi connectivity index (χ3v) is 4.27. The van der Waals surface area contributed by atoms with Gasteiger partial charge in [0.25, 0.3) is 0 Å². The van der Waals surface area contributed by atoms with Gasteiger partial charge in [0.1, 0.15) is 16.5 Å². The lowest BCUT2D eigenvalue weighted by Gasteiger charge is -2.02. The molecule has 3 aromatic rings. The summed E-state index contributed by atoms with van der Waals surface area (Å²) in [5, 5.41) is 0.822. The van der Waals surface area contributed by atoms with Gasteiger partial charge in [0.05, 0.1) is 11.4 Å². The summed E-state index contributed by atoms with van der Waals surface area (Å²) in [6.07, 6.45) is 1.68. The van der Waals surface area contributed by atoms with Gasteiger partial charge in [-0.2, -0.15) is 0 Å². The van der Waals surface area contributed by atoms with E-state index in [-0.39, 0.29) is 12.6 Å². The minimum atomic E-state index is -0.358. The molecule has 22 heavy (non-hydrogen) atoms. The Kier molecular flexibility index (Phi) is 4.25. The first-order chi connectivity index (χ1) is 10.7. The molecular weight excluding hydrogens is 296 g/mol. The number of carbonyl (C=O) groups excluding carboxylic acids is 1. The molecule has 0 saturated carbocycles. The van der Waals surface area contributed by atoms with Crippen LogP contribution in [0.5, 0.6) is 0 Å². The molecule has 0 fully saturated rings. The van der Waals surface area contributed by atoms with Crippen LogP contribution in [0, 0.1) is 6.92 Å². The molecule has 2 aromatic heterocycles. The lowest BCUT2D eigenvalue weighted by Crippen LogP contribution is -2.05. The summed E-state index contributed by atoms with van der Waals surface area (Å²) in [5.41, 5.74) is 2.41. The number of aromatic nitrogens is 2. The lowest BCUT2D eigenvalue weighted by molar-refractivity contribution is 0.0472. The van der Waals surface area contributed by atoms with Gasteiger partial charge in [0.15, 0.2) is 0 Å². The first-order valence-electron chi connectivity index (χ1n) is 6.84. The Labute approximate surface area is 132 Å². The van der Waals surface area contributed by atoms with E-state index in [0.29, 0.717) is 10.6 Å². The van der Waals surface area contributed by atoms with Gasteiger partial charge in [-0.3, -0.25) is 4.98 Å². The molecular formula is C17H14N2O2S. The molecule has 0 aliphatic heterocycles. The van der Waals surface area contributed by atoms with Gasteiger partial charge in [0.2, 0.25) is 0 Å². The molecule has 3 rings (SSSR count). The van der Waals surface area contributed by atoms with Crippen molar-refractivity contribution in [3.63, 3.8) is 0 Å². The number of nitrogens with zero attached hydrogens (tertiary/aromatic N) is 2. The highest BCUT2D eigenvalue weighted by molar-refractivity contribution is 7.17. The van der Waals surface area contributed by atoms with E-state index in [1.807, 2.05) is 55.5 Å². The van der Waals surface area contributed by atoms with Crippen LogP contribution in [-0.2, 0) is 11.3 Å². The van der Waals surface area contributed by atoms with Crippen molar-refractivity contribution in [3.05, 3.63) is 71.0 Å². The summed E-state index contributed by atoms with van der Waals surface area (Å²) in [6, 6.07) is 15.3. The first kappa shape index (κ1) is 14.4. The van der Waals surface area contributed by atoms with E-state index in [4.69, 9.17) is 4.74 Å². The number of aryl methyl sites for hydroxylation is 1. The van der Waals surface area contributed by atoms with Crippen molar-refractivity contribution in [2.24, 2.45) is 0 Å². The van der Waals surface area contributed by atoms with Crippen molar-refractivity contribution >= 4 is 17.3 Å². The smallest absolute Gasteiger partial charge is 0.350 e. The number of esters is 1. The SMILES string of the molecule is Cc1nc(-c2ccccc2)sc1C(=O)OCc1ccccn1. The Balaban J connectivity index is 1.74. The fourth-order valence-electron chi connectivity index (χ4n) is 1.98. The second-order valence-corrected chi connectivity index (χ2v) is 5.70. The normalized spacial score (nSPS) is 10.4. The number of benzene rings is 1. The number of hydrogen-bond acceptors (Lipinski definition) is 5. The van der Waals surface area contributed by atoms with Crippen LogP contribution in [0.1, 0.15) is 21.1 Å². The molecule has 0 aliphatic rings. The Bertz CT molecular complexity index is 770. The lowest BCUT2D eigenvalue weighted by atomic mass is 10.2. The summed E-state index contributed by atoms with van der Waals surface area (Å²) in [5.74, 6) is -0.358. The zero-order valence-electron chi connectivity index (χ0n) is 12.0. The monoisotopic (exact) mass is 310 g/mol. The summed E-state index contributed by atoms with van der Waals surface area (Å²) in [6.45, 7) is 1.98. The number of ether oxygens (including phenoxy) is 1. The fraction of sp³-hybridized carbons (Fsp3) is 0.118. The predicted octanol–water partition coefficient (Wildman–Crippen LogP) is 3.87. The summed E-state index contributed by atoms with van der Waals surface area (Å²) in [7, 11) is 0. The van der Waals surface area contributed by atoms with Gasteiger partial charge >= 0.3 is 5.97 Å². The standard InChI is InChI=1S/C17H14N2O2S/c1-12-15(17(20)21-11-14-9-5-6-10-18-14)22-16(19-12)13-7-3-2-4-8-13/h2-10H,11H2,1H3. The number of rotatable bonds is 4. The maximum absolute atomic E-state index is 12.2. The minimum Gasteiger partial charge on any atom is -0.455 e. The largest absolute Gasteiger partial charge is 0.455 e. The van der Waals surface area contributed by atoms with Crippen molar-refractivity contribution < 1.29 is 9.53 Å². The Hall–Kier alpha value is -2.53. The van der Waals surface area contributed by atoms with Crippen LogP contribution in [0.3, 0.4) is 0 Å². The molecule has 0 bridgehead atoms. The van der Waals surface area contributed by atoms with E-state index >= 15 is 0 Å². The van der Waals surface area contributed by atoms with Gasteiger partial charge in [0, 0.05) is 11.8 Å². The van der Waals surface area contributed by atoms with E-state index in [1.54, 1.807) is 6.20 Å². The van der Waals surface area contributed by atoms with Crippen LogP contribution < -0.4 is 0 Å². The van der Waals surface area contributed by atoms with Gasteiger partial charge in [-0.15, -0.1) is 11.3 Å². The topological polar surface area (TPSA) is 52.1 Å². The van der Waals surface area contributed by atoms with Gasteiger partial charge in [-0.25, -0.2) is 9.78 Å². The number of pyridine rings is 1. The van der Waals surface area contributed by atoms with E-state index in [1.165, 1.54) is 11.3 Å². The molecule has 0 radical (unpaired) electrons. The molecule has 0 atom stereocenters. The molecule has 0 unspecified atom stereocenters. The maximum Gasteiger partial charge on any atom is 0.350 e. The van der Waals surface area contributed by atoms with Crippen molar-refractivity contribution in [1.29, 1.82) is 0 Å². The van der Waals surface area contributed by atoms with E-state index in [0.717, 1.165) is 16.3 Å².